The number of anilines is 1. The van der Waals surface area contributed by atoms with Crippen molar-refractivity contribution in [2.24, 2.45) is 0 Å². The molecule has 1 aromatic carbocycles. The minimum atomic E-state index is -3.95. The van der Waals surface area contributed by atoms with Crippen LogP contribution in [-0.4, -0.2) is 31.9 Å². The van der Waals surface area contributed by atoms with Crippen LogP contribution >= 0.6 is 11.3 Å². The predicted octanol–water partition coefficient (Wildman–Crippen LogP) is 1.36. The molecule has 9 heteroatoms. The number of carboxylic acid groups (broad SMARTS) is 1. The molecule has 0 bridgehead atoms. The smallest absolute Gasteiger partial charge is 0.318 e. The van der Waals surface area contributed by atoms with Crippen molar-refractivity contribution in [3.8, 4) is 0 Å². The maximum Gasteiger partial charge on any atom is 0.318 e. The zero-order valence-electron chi connectivity index (χ0n) is 11.1. The molecule has 0 aliphatic heterocycles. The lowest BCUT2D eigenvalue weighted by molar-refractivity contribution is -0.135. The van der Waals surface area contributed by atoms with Crippen LogP contribution in [0, 0.1) is 0 Å². The lowest BCUT2D eigenvalue weighted by Gasteiger charge is -2.08. The number of rotatable bonds is 6. The second-order valence-electron chi connectivity index (χ2n) is 4.18. The van der Waals surface area contributed by atoms with Crippen LogP contribution in [0.15, 0.2) is 46.7 Å². The number of carbonyl (C=O) groups excluding carboxylic acids is 1. The van der Waals surface area contributed by atoms with Crippen LogP contribution in [0.2, 0.25) is 0 Å². The average Bonchev–Trinajstić information content (AvgIpc) is 3.00. The van der Waals surface area contributed by atoms with Gasteiger partial charge < -0.3 is 10.4 Å². The quantitative estimate of drug-likeness (QED) is 0.735. The van der Waals surface area contributed by atoms with E-state index >= 15 is 0 Å². The van der Waals surface area contributed by atoms with Gasteiger partial charge in [-0.2, -0.15) is 4.72 Å². The zero-order chi connectivity index (χ0) is 16.2. The molecule has 7 nitrogen and oxygen atoms in total. The molecule has 22 heavy (non-hydrogen) atoms. The Hall–Kier alpha value is -2.23. The van der Waals surface area contributed by atoms with Gasteiger partial charge in [-0.25, -0.2) is 8.42 Å². The zero-order valence-corrected chi connectivity index (χ0v) is 12.8. The summed E-state index contributed by atoms with van der Waals surface area (Å²) >= 11 is 1.26. The molecule has 2 rings (SSSR count). The molecule has 0 atom stereocenters. The molecule has 0 spiro atoms. The summed E-state index contributed by atoms with van der Waals surface area (Å²) in [5.41, 5.74) is 0.302. The first kappa shape index (κ1) is 16.1. The number of hydrogen-bond acceptors (Lipinski definition) is 5. The number of amides is 1. The Morgan fingerprint density at radius 1 is 1.18 bits per heavy atom. The SMILES string of the molecule is O=C(O)CNS(=O)(=O)c1cccc(NC(=O)c2cccs2)c1. The van der Waals surface area contributed by atoms with E-state index in [1.807, 2.05) is 4.72 Å². The number of sulfonamides is 1. The highest BCUT2D eigenvalue weighted by Crippen LogP contribution is 2.17. The van der Waals surface area contributed by atoms with Gasteiger partial charge in [0.05, 0.1) is 9.77 Å². The number of nitrogens with one attached hydrogen (secondary N) is 2. The molecule has 3 N–H and O–H groups in total. The van der Waals surface area contributed by atoms with Crippen molar-refractivity contribution in [2.45, 2.75) is 4.90 Å². The van der Waals surface area contributed by atoms with Gasteiger partial charge in [0.1, 0.15) is 6.54 Å². The number of carbonyl (C=O) groups is 2. The summed E-state index contributed by atoms with van der Waals surface area (Å²) in [4.78, 5) is 22.7. The Labute approximate surface area is 130 Å². The Morgan fingerprint density at radius 2 is 1.95 bits per heavy atom. The van der Waals surface area contributed by atoms with E-state index < -0.39 is 22.5 Å². The largest absolute Gasteiger partial charge is 0.480 e. The van der Waals surface area contributed by atoms with Gasteiger partial charge in [-0.05, 0) is 29.6 Å². The number of aliphatic carboxylic acids is 1. The fourth-order valence-electron chi connectivity index (χ4n) is 1.58. The molecular weight excluding hydrogens is 328 g/mol. The Kier molecular flexibility index (Phi) is 4.91. The first-order chi connectivity index (χ1) is 10.4. The third-order valence-corrected chi connectivity index (χ3v) is 4.83. The Balaban J connectivity index is 2.16. The summed E-state index contributed by atoms with van der Waals surface area (Å²) in [5.74, 6) is -1.63. The topological polar surface area (TPSA) is 113 Å². The second-order valence-corrected chi connectivity index (χ2v) is 6.89. The van der Waals surface area contributed by atoms with Crippen LogP contribution in [-0.2, 0) is 14.8 Å². The fourth-order valence-corrected chi connectivity index (χ4v) is 3.22. The van der Waals surface area contributed by atoms with Crippen molar-refractivity contribution in [3.05, 3.63) is 46.7 Å². The van der Waals surface area contributed by atoms with Crippen LogP contribution in [0.3, 0.4) is 0 Å². The molecule has 0 fully saturated rings. The molecule has 0 aliphatic rings. The van der Waals surface area contributed by atoms with Crippen LogP contribution in [0.4, 0.5) is 5.69 Å². The van der Waals surface area contributed by atoms with Gasteiger partial charge in [0, 0.05) is 5.69 Å². The van der Waals surface area contributed by atoms with Crippen molar-refractivity contribution in [2.75, 3.05) is 11.9 Å². The van der Waals surface area contributed by atoms with Crippen LogP contribution < -0.4 is 10.0 Å². The third kappa shape index (κ3) is 4.13. The number of hydrogen-bond donors (Lipinski definition) is 3. The van der Waals surface area contributed by atoms with Crippen molar-refractivity contribution in [1.29, 1.82) is 0 Å². The molecule has 1 amide bonds. The molecule has 0 radical (unpaired) electrons. The molecule has 1 aromatic heterocycles. The van der Waals surface area contributed by atoms with E-state index in [4.69, 9.17) is 5.11 Å². The molecule has 0 aliphatic carbocycles. The van der Waals surface area contributed by atoms with E-state index in [-0.39, 0.29) is 10.8 Å². The van der Waals surface area contributed by atoms with Gasteiger partial charge >= 0.3 is 5.97 Å². The Bertz CT molecular complexity index is 785. The van der Waals surface area contributed by atoms with Gasteiger partial charge in [-0.1, -0.05) is 12.1 Å². The number of thiophene rings is 1. The highest BCUT2D eigenvalue weighted by atomic mass is 32.2. The predicted molar refractivity (Wildman–Crippen MR) is 81.5 cm³/mol. The van der Waals surface area contributed by atoms with Gasteiger partial charge in [-0.15, -0.1) is 11.3 Å². The standard InChI is InChI=1S/C13H12N2O5S2/c16-12(17)8-14-22(19,20)10-4-1-3-9(7-10)15-13(18)11-5-2-6-21-11/h1-7,14H,8H2,(H,15,18)(H,16,17). The van der Waals surface area contributed by atoms with Gasteiger partial charge in [0.25, 0.3) is 5.91 Å². The number of benzene rings is 1. The first-order valence-electron chi connectivity index (χ1n) is 6.05. The summed E-state index contributed by atoms with van der Waals surface area (Å²) < 4.78 is 25.8. The highest BCUT2D eigenvalue weighted by Gasteiger charge is 2.16. The maximum atomic E-state index is 11.9. The third-order valence-electron chi connectivity index (χ3n) is 2.56. The van der Waals surface area contributed by atoms with E-state index in [0.29, 0.717) is 10.6 Å². The van der Waals surface area contributed by atoms with E-state index in [1.54, 1.807) is 23.6 Å². The average molecular weight is 340 g/mol. The van der Waals surface area contributed by atoms with E-state index in [2.05, 4.69) is 5.32 Å². The molecule has 2 aromatic rings. The summed E-state index contributed by atoms with van der Waals surface area (Å²) in [6.45, 7) is -0.714. The summed E-state index contributed by atoms with van der Waals surface area (Å²) in [5, 5.41) is 12.9. The summed E-state index contributed by atoms with van der Waals surface area (Å²) in [6, 6.07) is 8.95. The van der Waals surface area contributed by atoms with Crippen LogP contribution in [0.5, 0.6) is 0 Å². The first-order valence-corrected chi connectivity index (χ1v) is 8.41. The fraction of sp³-hybridized carbons (Fsp3) is 0.0769. The Morgan fingerprint density at radius 3 is 2.59 bits per heavy atom. The van der Waals surface area contributed by atoms with E-state index in [9.17, 15) is 18.0 Å². The second kappa shape index (κ2) is 6.69. The minimum Gasteiger partial charge on any atom is -0.480 e. The van der Waals surface area contributed by atoms with Crippen LogP contribution in [0.1, 0.15) is 9.67 Å². The molecule has 0 unspecified atom stereocenters. The summed E-state index contributed by atoms with van der Waals surface area (Å²) in [7, 11) is -3.95. The van der Waals surface area contributed by atoms with Crippen molar-refractivity contribution < 1.29 is 23.1 Å². The molecular formula is C13H12N2O5S2. The normalized spacial score (nSPS) is 11.1. The highest BCUT2D eigenvalue weighted by molar-refractivity contribution is 7.89. The number of carboxylic acids is 1. The maximum absolute atomic E-state index is 11.9. The van der Waals surface area contributed by atoms with Gasteiger partial charge in [0.15, 0.2) is 0 Å². The minimum absolute atomic E-state index is 0.127. The lowest BCUT2D eigenvalue weighted by Crippen LogP contribution is -2.29. The molecule has 1 heterocycles. The van der Waals surface area contributed by atoms with E-state index in [0.717, 1.165) is 0 Å². The molecule has 116 valence electrons. The lowest BCUT2D eigenvalue weighted by atomic mass is 10.3. The van der Waals surface area contributed by atoms with Crippen molar-refractivity contribution in [1.82, 2.24) is 4.72 Å². The van der Waals surface area contributed by atoms with Crippen molar-refractivity contribution >= 4 is 38.9 Å². The van der Waals surface area contributed by atoms with Gasteiger partial charge in [-0.3, -0.25) is 9.59 Å². The molecule has 0 saturated carbocycles. The van der Waals surface area contributed by atoms with Crippen molar-refractivity contribution in [3.63, 3.8) is 0 Å². The molecule has 0 saturated heterocycles. The van der Waals surface area contributed by atoms with E-state index in [1.165, 1.54) is 29.5 Å². The van der Waals surface area contributed by atoms with Gasteiger partial charge in [0.2, 0.25) is 10.0 Å². The summed E-state index contributed by atoms with van der Waals surface area (Å²) in [6.07, 6.45) is 0. The van der Waals surface area contributed by atoms with Crippen LogP contribution in [0.25, 0.3) is 0 Å². The monoisotopic (exact) mass is 340 g/mol.